The number of carbonyl (C=O) groups is 2. The molecule has 2 aromatic rings. The highest BCUT2D eigenvalue weighted by atomic mass is 19.1. The van der Waals surface area contributed by atoms with E-state index in [9.17, 15) is 24.3 Å². The molecular weight excluding hydrogens is 401 g/mol. The number of nitriles is 1. The normalized spacial score (nSPS) is 23.7. The highest BCUT2D eigenvalue weighted by Gasteiger charge is 2.54. The SMILES string of the molecule is CC(C)(C)C1(C(=O)O)CCC(n2cc(C(N)=O)c(Nc3ccc(F)cc3)n2)C(C#N)C1. The summed E-state index contributed by atoms with van der Waals surface area (Å²) in [6, 6.07) is 7.39. The van der Waals surface area contributed by atoms with Gasteiger partial charge in [-0.3, -0.25) is 14.3 Å². The molecule has 8 nitrogen and oxygen atoms in total. The number of primary amides is 1. The molecule has 1 aromatic heterocycles. The van der Waals surface area contributed by atoms with E-state index < -0.39 is 40.5 Å². The van der Waals surface area contributed by atoms with Gasteiger partial charge in [-0.15, -0.1) is 0 Å². The van der Waals surface area contributed by atoms with Crippen molar-refractivity contribution in [3.63, 3.8) is 0 Å². The summed E-state index contributed by atoms with van der Waals surface area (Å²) in [7, 11) is 0. The molecule has 9 heteroatoms. The fourth-order valence-electron chi connectivity index (χ4n) is 4.36. The maximum absolute atomic E-state index is 13.2. The third kappa shape index (κ3) is 4.10. The lowest BCUT2D eigenvalue weighted by Gasteiger charge is -2.47. The van der Waals surface area contributed by atoms with Crippen LogP contribution in [0.5, 0.6) is 0 Å². The van der Waals surface area contributed by atoms with E-state index in [4.69, 9.17) is 5.73 Å². The zero-order chi connectivity index (χ0) is 23.0. The Hall–Kier alpha value is -3.41. The largest absolute Gasteiger partial charge is 0.481 e. The predicted octanol–water partition coefficient (Wildman–Crippen LogP) is 3.85. The number of carboxylic acids is 1. The number of aliphatic carboxylic acids is 1. The molecule has 1 aromatic carbocycles. The number of hydrogen-bond donors (Lipinski definition) is 3. The highest BCUT2D eigenvalue weighted by Crippen LogP contribution is 2.54. The molecule has 0 bridgehead atoms. The number of rotatable bonds is 5. The Morgan fingerprint density at radius 1 is 1.35 bits per heavy atom. The molecule has 3 unspecified atom stereocenters. The predicted molar refractivity (Wildman–Crippen MR) is 112 cm³/mol. The van der Waals surface area contributed by atoms with Gasteiger partial charge in [0.15, 0.2) is 5.82 Å². The number of anilines is 2. The van der Waals surface area contributed by atoms with Gasteiger partial charge in [-0.25, -0.2) is 4.39 Å². The van der Waals surface area contributed by atoms with Crippen molar-refractivity contribution in [2.45, 2.75) is 46.1 Å². The first-order chi connectivity index (χ1) is 14.5. The molecule has 1 amide bonds. The second kappa shape index (κ2) is 8.02. The van der Waals surface area contributed by atoms with E-state index in [0.717, 1.165) is 0 Å². The monoisotopic (exact) mass is 427 g/mol. The molecule has 1 fully saturated rings. The van der Waals surface area contributed by atoms with E-state index in [1.54, 1.807) is 0 Å². The number of nitrogens with zero attached hydrogens (tertiary/aromatic N) is 3. The Balaban J connectivity index is 1.94. The first-order valence-corrected chi connectivity index (χ1v) is 10.0. The van der Waals surface area contributed by atoms with Crippen molar-refractivity contribution >= 4 is 23.4 Å². The minimum Gasteiger partial charge on any atom is -0.481 e. The summed E-state index contributed by atoms with van der Waals surface area (Å²) >= 11 is 0. The van der Waals surface area contributed by atoms with E-state index in [2.05, 4.69) is 16.5 Å². The molecule has 31 heavy (non-hydrogen) atoms. The lowest BCUT2D eigenvalue weighted by molar-refractivity contribution is -0.161. The first-order valence-electron chi connectivity index (χ1n) is 10.0. The number of nitrogens with two attached hydrogens (primary N) is 1. The standard InChI is InChI=1S/C22H26FN5O3/c1-21(2,3)22(20(30)31)9-8-17(13(10-22)11-24)28-12-16(18(25)29)19(27-28)26-15-6-4-14(23)5-7-15/h4-7,12-13,17H,8-10H2,1-3H3,(H2,25,29)(H,26,27)(H,30,31). The Morgan fingerprint density at radius 2 is 2.00 bits per heavy atom. The van der Waals surface area contributed by atoms with Crippen LogP contribution < -0.4 is 11.1 Å². The van der Waals surface area contributed by atoms with Gasteiger partial charge in [0.2, 0.25) is 0 Å². The van der Waals surface area contributed by atoms with Gasteiger partial charge in [0, 0.05) is 11.9 Å². The Bertz CT molecular complexity index is 1030. The van der Waals surface area contributed by atoms with Gasteiger partial charge in [-0.05, 0) is 48.9 Å². The van der Waals surface area contributed by atoms with Crippen molar-refractivity contribution in [1.29, 1.82) is 5.26 Å². The zero-order valence-corrected chi connectivity index (χ0v) is 17.7. The molecule has 3 rings (SSSR count). The molecule has 0 radical (unpaired) electrons. The van der Waals surface area contributed by atoms with Crippen molar-refractivity contribution < 1.29 is 19.1 Å². The van der Waals surface area contributed by atoms with E-state index in [1.807, 2.05) is 20.8 Å². The summed E-state index contributed by atoms with van der Waals surface area (Å²) in [4.78, 5) is 24.1. The van der Waals surface area contributed by atoms with Crippen LogP contribution in [0.25, 0.3) is 0 Å². The van der Waals surface area contributed by atoms with Crippen molar-refractivity contribution in [3.8, 4) is 6.07 Å². The summed E-state index contributed by atoms with van der Waals surface area (Å²) in [5, 5.41) is 27.2. The average molecular weight is 427 g/mol. The van der Waals surface area contributed by atoms with Crippen LogP contribution in [0.4, 0.5) is 15.9 Å². The lowest BCUT2D eigenvalue weighted by Crippen LogP contribution is -2.48. The smallest absolute Gasteiger partial charge is 0.310 e. The van der Waals surface area contributed by atoms with Crippen LogP contribution in [-0.2, 0) is 4.79 Å². The van der Waals surface area contributed by atoms with Crippen molar-refractivity contribution in [2.24, 2.45) is 22.5 Å². The van der Waals surface area contributed by atoms with E-state index in [-0.39, 0.29) is 17.8 Å². The second-order valence-corrected chi connectivity index (χ2v) is 9.05. The van der Waals surface area contributed by atoms with Gasteiger partial charge in [0.1, 0.15) is 11.4 Å². The van der Waals surface area contributed by atoms with Gasteiger partial charge >= 0.3 is 5.97 Å². The number of hydrogen-bond acceptors (Lipinski definition) is 5. The molecule has 1 heterocycles. The molecule has 0 saturated heterocycles. The van der Waals surface area contributed by atoms with E-state index >= 15 is 0 Å². The third-order valence-electron chi connectivity index (χ3n) is 6.35. The van der Waals surface area contributed by atoms with Crippen LogP contribution in [0.1, 0.15) is 56.4 Å². The number of carbonyl (C=O) groups excluding carboxylic acids is 1. The van der Waals surface area contributed by atoms with Crippen LogP contribution >= 0.6 is 0 Å². The molecule has 1 aliphatic rings. The summed E-state index contributed by atoms with van der Waals surface area (Å²) in [5.41, 5.74) is 4.60. The Labute approximate surface area is 179 Å². The van der Waals surface area contributed by atoms with Gasteiger partial charge < -0.3 is 16.2 Å². The highest BCUT2D eigenvalue weighted by molar-refractivity contribution is 5.98. The van der Waals surface area contributed by atoms with Gasteiger partial charge in [-0.1, -0.05) is 20.8 Å². The summed E-state index contributed by atoms with van der Waals surface area (Å²) in [6.07, 6.45) is 2.45. The van der Waals surface area contributed by atoms with Crippen LogP contribution in [0.15, 0.2) is 30.5 Å². The summed E-state index contributed by atoms with van der Waals surface area (Å²) < 4.78 is 14.7. The van der Waals surface area contributed by atoms with Crippen LogP contribution in [0, 0.1) is 33.9 Å². The average Bonchev–Trinajstić information content (AvgIpc) is 3.12. The molecular formula is C22H26FN5O3. The van der Waals surface area contributed by atoms with Crippen LogP contribution in [0.2, 0.25) is 0 Å². The number of carboxylic acid groups (broad SMARTS) is 1. The first kappa shape index (κ1) is 22.3. The molecule has 0 spiro atoms. The summed E-state index contributed by atoms with van der Waals surface area (Å²) in [6.45, 7) is 5.62. The van der Waals surface area contributed by atoms with Gasteiger partial charge in [0.25, 0.3) is 5.91 Å². The number of aromatic nitrogens is 2. The molecule has 1 aliphatic carbocycles. The van der Waals surface area contributed by atoms with Crippen molar-refractivity contribution in [1.82, 2.24) is 9.78 Å². The Kier molecular flexibility index (Phi) is 5.77. The second-order valence-electron chi connectivity index (χ2n) is 9.05. The summed E-state index contributed by atoms with van der Waals surface area (Å²) in [5.74, 6) is -2.42. The van der Waals surface area contributed by atoms with Crippen LogP contribution in [0.3, 0.4) is 0 Å². The number of halogens is 1. The fourth-order valence-corrected chi connectivity index (χ4v) is 4.36. The quantitative estimate of drug-likeness (QED) is 0.663. The molecule has 164 valence electrons. The van der Waals surface area contributed by atoms with Crippen LogP contribution in [-0.4, -0.2) is 26.8 Å². The van der Waals surface area contributed by atoms with Crippen molar-refractivity contribution in [3.05, 3.63) is 41.8 Å². The fraction of sp³-hybridized carbons (Fsp3) is 0.455. The topological polar surface area (TPSA) is 134 Å². The molecule has 1 saturated carbocycles. The minimum atomic E-state index is -1.03. The molecule has 4 N–H and O–H groups in total. The van der Waals surface area contributed by atoms with E-state index in [1.165, 1.54) is 35.1 Å². The molecule has 3 atom stereocenters. The van der Waals surface area contributed by atoms with Gasteiger partial charge in [-0.2, -0.15) is 10.4 Å². The maximum atomic E-state index is 13.2. The lowest BCUT2D eigenvalue weighted by atomic mass is 9.56. The number of amides is 1. The van der Waals surface area contributed by atoms with Crippen molar-refractivity contribution in [2.75, 3.05) is 5.32 Å². The Morgan fingerprint density at radius 3 is 2.52 bits per heavy atom. The maximum Gasteiger partial charge on any atom is 0.310 e. The number of nitrogens with one attached hydrogen (secondary N) is 1. The zero-order valence-electron chi connectivity index (χ0n) is 17.7. The van der Waals surface area contributed by atoms with Gasteiger partial charge in [0.05, 0.1) is 23.4 Å². The number of benzene rings is 1. The molecule has 0 aliphatic heterocycles. The third-order valence-corrected chi connectivity index (χ3v) is 6.35. The minimum absolute atomic E-state index is 0.131. The van der Waals surface area contributed by atoms with E-state index in [0.29, 0.717) is 18.5 Å².